The van der Waals surface area contributed by atoms with Crippen molar-refractivity contribution >= 4 is 23.4 Å². The molecular weight excluding hydrogens is 374 g/mol. The number of non-ortho nitro benzene ring substituents is 1. The first-order valence-electron chi connectivity index (χ1n) is 9.67. The van der Waals surface area contributed by atoms with E-state index in [-0.39, 0.29) is 18.3 Å². The van der Waals surface area contributed by atoms with E-state index in [2.05, 4.69) is 6.92 Å². The summed E-state index contributed by atoms with van der Waals surface area (Å²) in [5.74, 6) is -0.255. The third-order valence-corrected chi connectivity index (χ3v) is 5.50. The number of hydrogen-bond acceptors (Lipinski definition) is 5. The van der Waals surface area contributed by atoms with Crippen molar-refractivity contribution in [1.29, 1.82) is 0 Å². The van der Waals surface area contributed by atoms with E-state index in [0.29, 0.717) is 12.0 Å². The van der Waals surface area contributed by atoms with Gasteiger partial charge in [0.05, 0.1) is 4.92 Å². The molecule has 150 valence electrons. The normalized spacial score (nSPS) is 10.6. The molecule has 2 aromatic rings. The van der Waals surface area contributed by atoms with Crippen molar-refractivity contribution in [1.82, 2.24) is 0 Å². The molecule has 0 amide bonds. The summed E-state index contributed by atoms with van der Waals surface area (Å²) < 4.78 is 5.39. The molecule has 2 aromatic carbocycles. The van der Waals surface area contributed by atoms with Crippen molar-refractivity contribution in [3.05, 3.63) is 63.7 Å². The van der Waals surface area contributed by atoms with Crippen molar-refractivity contribution in [3.63, 3.8) is 0 Å². The molecule has 0 saturated carbocycles. The molecule has 28 heavy (non-hydrogen) atoms. The first kappa shape index (κ1) is 22.0. The number of nitro groups is 1. The predicted octanol–water partition coefficient (Wildman–Crippen LogP) is 6.46. The molecule has 0 aliphatic carbocycles. The quantitative estimate of drug-likeness (QED) is 0.187. The fourth-order valence-corrected chi connectivity index (χ4v) is 3.64. The van der Waals surface area contributed by atoms with Crippen LogP contribution in [0.2, 0.25) is 0 Å². The Labute approximate surface area is 170 Å². The molecule has 6 heteroatoms. The number of esters is 1. The van der Waals surface area contributed by atoms with E-state index in [4.69, 9.17) is 4.74 Å². The van der Waals surface area contributed by atoms with E-state index in [1.54, 1.807) is 6.07 Å². The number of nitrogens with zero attached hydrogens (tertiary/aromatic N) is 1. The smallest absolute Gasteiger partial charge is 0.306 e. The Hall–Kier alpha value is -2.34. The number of carbonyl (C=O) groups is 1. The van der Waals surface area contributed by atoms with Crippen molar-refractivity contribution in [2.75, 3.05) is 0 Å². The fourth-order valence-electron chi connectivity index (χ4n) is 2.73. The van der Waals surface area contributed by atoms with Gasteiger partial charge in [-0.15, -0.1) is 0 Å². The standard InChI is InChI=1S/C22H27NO4S/c1-3-4-5-6-7-8-22(24)27-16-18-15-19(23(25)26)11-14-21(18)28-20-12-9-17(2)10-13-20/h9-15H,3-8,16H2,1-2H3. The monoisotopic (exact) mass is 401 g/mol. The summed E-state index contributed by atoms with van der Waals surface area (Å²) in [4.78, 5) is 24.6. The third kappa shape index (κ3) is 7.35. The average molecular weight is 402 g/mol. The van der Waals surface area contributed by atoms with Gasteiger partial charge < -0.3 is 4.74 Å². The second-order valence-corrected chi connectivity index (χ2v) is 7.90. The van der Waals surface area contributed by atoms with Gasteiger partial charge in [0, 0.05) is 33.9 Å². The molecule has 0 atom stereocenters. The van der Waals surface area contributed by atoms with Gasteiger partial charge in [-0.05, 0) is 31.5 Å². The predicted molar refractivity (Wildman–Crippen MR) is 112 cm³/mol. The summed E-state index contributed by atoms with van der Waals surface area (Å²) in [6.45, 7) is 4.22. The highest BCUT2D eigenvalue weighted by atomic mass is 32.2. The Morgan fingerprint density at radius 2 is 1.79 bits per heavy atom. The van der Waals surface area contributed by atoms with Crippen LogP contribution in [0, 0.1) is 17.0 Å². The minimum absolute atomic E-state index is 0.00105. The summed E-state index contributed by atoms with van der Waals surface area (Å²) in [6.07, 6.45) is 5.71. The number of benzene rings is 2. The van der Waals surface area contributed by atoms with Crippen LogP contribution in [-0.2, 0) is 16.1 Å². The van der Waals surface area contributed by atoms with Gasteiger partial charge in [-0.1, -0.05) is 62.1 Å². The summed E-state index contributed by atoms with van der Waals surface area (Å²) in [5, 5.41) is 11.1. The van der Waals surface area contributed by atoms with Crippen LogP contribution in [0.3, 0.4) is 0 Å². The number of nitro benzene ring substituents is 1. The first-order valence-corrected chi connectivity index (χ1v) is 10.5. The molecule has 0 aliphatic heterocycles. The molecule has 5 nitrogen and oxygen atoms in total. The minimum Gasteiger partial charge on any atom is -0.461 e. The van der Waals surface area contributed by atoms with Gasteiger partial charge in [-0.2, -0.15) is 0 Å². The number of carbonyl (C=O) groups excluding carboxylic acids is 1. The van der Waals surface area contributed by atoms with Crippen LogP contribution in [0.4, 0.5) is 5.69 Å². The van der Waals surface area contributed by atoms with Gasteiger partial charge in [0.15, 0.2) is 0 Å². The third-order valence-electron chi connectivity index (χ3n) is 4.38. The number of rotatable bonds is 11. The fraction of sp³-hybridized carbons (Fsp3) is 0.409. The average Bonchev–Trinajstić information content (AvgIpc) is 2.68. The van der Waals surface area contributed by atoms with Crippen LogP contribution in [0.15, 0.2) is 52.3 Å². The summed E-state index contributed by atoms with van der Waals surface area (Å²) in [6, 6.07) is 12.7. The van der Waals surface area contributed by atoms with E-state index < -0.39 is 4.92 Å². The summed E-state index contributed by atoms with van der Waals surface area (Å²) in [7, 11) is 0. The lowest BCUT2D eigenvalue weighted by molar-refractivity contribution is -0.385. The Morgan fingerprint density at radius 1 is 1.07 bits per heavy atom. The Morgan fingerprint density at radius 3 is 2.46 bits per heavy atom. The highest BCUT2D eigenvalue weighted by Gasteiger charge is 2.14. The molecule has 0 radical (unpaired) electrons. The van der Waals surface area contributed by atoms with E-state index in [9.17, 15) is 14.9 Å². The van der Waals surface area contributed by atoms with Crippen LogP contribution >= 0.6 is 11.8 Å². The number of hydrogen-bond donors (Lipinski definition) is 0. The van der Waals surface area contributed by atoms with Gasteiger partial charge in [0.1, 0.15) is 6.61 Å². The zero-order chi connectivity index (χ0) is 20.4. The van der Waals surface area contributed by atoms with Gasteiger partial charge in [0.2, 0.25) is 0 Å². The van der Waals surface area contributed by atoms with E-state index in [1.807, 2.05) is 31.2 Å². The molecule has 0 heterocycles. The molecule has 0 aromatic heterocycles. The summed E-state index contributed by atoms with van der Waals surface area (Å²) in [5.41, 5.74) is 1.82. The lowest BCUT2D eigenvalue weighted by Crippen LogP contribution is -2.05. The van der Waals surface area contributed by atoms with Gasteiger partial charge in [0.25, 0.3) is 5.69 Å². The summed E-state index contributed by atoms with van der Waals surface area (Å²) >= 11 is 1.51. The lowest BCUT2D eigenvalue weighted by atomic mass is 10.1. The van der Waals surface area contributed by atoms with E-state index in [1.165, 1.54) is 42.3 Å². The minimum atomic E-state index is -0.431. The first-order chi connectivity index (χ1) is 13.5. The molecule has 0 bridgehead atoms. The second-order valence-electron chi connectivity index (χ2n) is 6.79. The van der Waals surface area contributed by atoms with E-state index >= 15 is 0 Å². The van der Waals surface area contributed by atoms with Crippen LogP contribution in [0.25, 0.3) is 0 Å². The van der Waals surface area contributed by atoms with Crippen molar-refractivity contribution in [3.8, 4) is 0 Å². The molecule has 0 N–H and O–H groups in total. The highest BCUT2D eigenvalue weighted by molar-refractivity contribution is 7.99. The molecule has 2 rings (SSSR count). The van der Waals surface area contributed by atoms with Crippen molar-refractivity contribution in [2.24, 2.45) is 0 Å². The van der Waals surface area contributed by atoms with Gasteiger partial charge >= 0.3 is 5.97 Å². The highest BCUT2D eigenvalue weighted by Crippen LogP contribution is 2.33. The number of ether oxygens (including phenoxy) is 1. The molecule has 0 saturated heterocycles. The molecule has 0 unspecified atom stereocenters. The van der Waals surface area contributed by atoms with Crippen LogP contribution in [0.1, 0.15) is 56.6 Å². The SMILES string of the molecule is CCCCCCCC(=O)OCc1cc([N+](=O)[O-])ccc1Sc1ccc(C)cc1. The zero-order valence-electron chi connectivity index (χ0n) is 16.5. The molecule has 0 spiro atoms. The molecule has 0 aliphatic rings. The largest absolute Gasteiger partial charge is 0.461 e. The number of unbranched alkanes of at least 4 members (excludes halogenated alkanes) is 4. The maximum Gasteiger partial charge on any atom is 0.306 e. The van der Waals surface area contributed by atoms with Crippen LogP contribution < -0.4 is 0 Å². The van der Waals surface area contributed by atoms with Crippen molar-refractivity contribution < 1.29 is 14.5 Å². The maximum atomic E-state index is 12.0. The lowest BCUT2D eigenvalue weighted by Gasteiger charge is -2.10. The zero-order valence-corrected chi connectivity index (χ0v) is 17.3. The van der Waals surface area contributed by atoms with Crippen molar-refractivity contribution in [2.45, 2.75) is 68.8 Å². The van der Waals surface area contributed by atoms with Gasteiger partial charge in [-0.3, -0.25) is 14.9 Å². The maximum absolute atomic E-state index is 12.0. The van der Waals surface area contributed by atoms with Gasteiger partial charge in [-0.25, -0.2) is 0 Å². The number of aryl methyl sites for hydroxylation is 1. The van der Waals surface area contributed by atoms with Crippen LogP contribution in [-0.4, -0.2) is 10.9 Å². The van der Waals surface area contributed by atoms with E-state index in [0.717, 1.165) is 29.1 Å². The molecule has 0 fully saturated rings. The Bertz CT molecular complexity index is 790. The topological polar surface area (TPSA) is 69.4 Å². The Kier molecular flexibility index (Phi) is 9.01. The Balaban J connectivity index is 2.01. The van der Waals surface area contributed by atoms with Crippen LogP contribution in [0.5, 0.6) is 0 Å². The second kappa shape index (κ2) is 11.5. The molecular formula is C22H27NO4S.